The zero-order chi connectivity index (χ0) is 19.6. The van der Waals surface area contributed by atoms with Crippen molar-refractivity contribution >= 4 is 11.8 Å². The van der Waals surface area contributed by atoms with Crippen molar-refractivity contribution in [2.45, 2.75) is 52.8 Å². The lowest BCUT2D eigenvalue weighted by Crippen LogP contribution is -2.54. The number of nitro benzene ring substituents is 1. The zero-order valence-corrected chi connectivity index (χ0v) is 15.9. The third kappa shape index (κ3) is 4.91. The van der Waals surface area contributed by atoms with Gasteiger partial charge in [0.2, 0.25) is 0 Å². The first-order chi connectivity index (χ1) is 12.0. The molecule has 0 aliphatic carbocycles. The van der Waals surface area contributed by atoms with Crippen LogP contribution in [0.3, 0.4) is 0 Å². The molecule has 0 saturated carbocycles. The number of benzene rings is 1. The molecule has 0 N–H and O–H groups in total. The Balaban J connectivity index is 2.06. The van der Waals surface area contributed by atoms with Gasteiger partial charge in [0.1, 0.15) is 11.4 Å². The highest BCUT2D eigenvalue weighted by atomic mass is 19.1. The van der Waals surface area contributed by atoms with Gasteiger partial charge in [0.05, 0.1) is 11.0 Å². The highest BCUT2D eigenvalue weighted by Crippen LogP contribution is 2.25. The van der Waals surface area contributed by atoms with Crippen LogP contribution in [0.2, 0.25) is 0 Å². The first kappa shape index (κ1) is 20.1. The number of carbonyl (C=O) groups is 1. The first-order valence-electron chi connectivity index (χ1n) is 8.63. The number of piperazine rings is 1. The maximum atomic E-state index is 13.7. The Morgan fingerprint density at radius 3 is 2.58 bits per heavy atom. The molecule has 8 heteroatoms. The molecule has 1 aliphatic heterocycles. The van der Waals surface area contributed by atoms with E-state index in [2.05, 4.69) is 4.90 Å². The Bertz CT molecular complexity index is 702. The van der Waals surface area contributed by atoms with E-state index in [-0.39, 0.29) is 17.8 Å². The summed E-state index contributed by atoms with van der Waals surface area (Å²) in [5, 5.41) is 11.1. The van der Waals surface area contributed by atoms with Crippen molar-refractivity contribution < 1.29 is 18.8 Å². The molecule has 1 heterocycles. The predicted octanol–water partition coefficient (Wildman–Crippen LogP) is 3.48. The maximum absolute atomic E-state index is 13.7. The zero-order valence-electron chi connectivity index (χ0n) is 15.9. The monoisotopic (exact) mass is 367 g/mol. The van der Waals surface area contributed by atoms with Crippen molar-refractivity contribution in [1.82, 2.24) is 9.80 Å². The summed E-state index contributed by atoms with van der Waals surface area (Å²) in [5.41, 5.74) is 0.305. The Labute approximate surface area is 152 Å². The van der Waals surface area contributed by atoms with Gasteiger partial charge in [-0.2, -0.15) is 0 Å². The van der Waals surface area contributed by atoms with E-state index in [1.165, 1.54) is 6.07 Å². The summed E-state index contributed by atoms with van der Waals surface area (Å²) >= 11 is 0. The predicted molar refractivity (Wildman–Crippen MR) is 95.5 cm³/mol. The molecule has 1 aliphatic rings. The van der Waals surface area contributed by atoms with Crippen LogP contribution in [0.4, 0.5) is 14.9 Å². The molecule has 0 spiro atoms. The van der Waals surface area contributed by atoms with Gasteiger partial charge in [0.25, 0.3) is 5.69 Å². The lowest BCUT2D eigenvalue weighted by Gasteiger charge is -2.40. The van der Waals surface area contributed by atoms with Crippen molar-refractivity contribution in [2.24, 2.45) is 0 Å². The van der Waals surface area contributed by atoms with E-state index in [0.717, 1.165) is 6.07 Å². The van der Waals surface area contributed by atoms with Gasteiger partial charge in [-0.15, -0.1) is 0 Å². The Kier molecular flexibility index (Phi) is 5.85. The highest BCUT2D eigenvalue weighted by Gasteiger charge is 2.31. The molecule has 26 heavy (non-hydrogen) atoms. The SMILES string of the molecule is Cc1c(CN2CCN(C(=O)OC(C)(C)C)[C@@H](C)C2)cc(F)cc1[N+](=O)[O-]. The standard InChI is InChI=1S/C18H26FN3O4/c1-12-10-20(6-7-21(12)17(23)26-18(3,4)5)11-14-8-15(19)9-16(13(14)2)22(24)25/h8-9,12H,6-7,10-11H2,1-5H3/t12-/m0/s1. The maximum Gasteiger partial charge on any atom is 0.410 e. The number of carbonyl (C=O) groups excluding carboxylic acids is 1. The number of amides is 1. The van der Waals surface area contributed by atoms with Crippen LogP contribution in [-0.2, 0) is 11.3 Å². The topological polar surface area (TPSA) is 75.9 Å². The second-order valence-electron chi connectivity index (χ2n) is 7.72. The van der Waals surface area contributed by atoms with Gasteiger partial charge in [-0.1, -0.05) is 0 Å². The quantitative estimate of drug-likeness (QED) is 0.604. The average molecular weight is 367 g/mol. The molecule has 144 valence electrons. The number of hydrogen-bond donors (Lipinski definition) is 0. The third-order valence-electron chi connectivity index (χ3n) is 4.38. The summed E-state index contributed by atoms with van der Waals surface area (Å²) in [7, 11) is 0. The van der Waals surface area contributed by atoms with Crippen molar-refractivity contribution in [2.75, 3.05) is 19.6 Å². The fraction of sp³-hybridized carbons (Fsp3) is 0.611. The van der Waals surface area contributed by atoms with E-state index < -0.39 is 16.3 Å². The summed E-state index contributed by atoms with van der Waals surface area (Å²) in [6, 6.07) is 2.22. The molecule has 1 amide bonds. The van der Waals surface area contributed by atoms with Gasteiger partial charge in [-0.3, -0.25) is 15.0 Å². The van der Waals surface area contributed by atoms with Crippen molar-refractivity contribution in [3.8, 4) is 0 Å². The van der Waals surface area contributed by atoms with Gasteiger partial charge >= 0.3 is 6.09 Å². The lowest BCUT2D eigenvalue weighted by molar-refractivity contribution is -0.385. The number of ether oxygens (including phenoxy) is 1. The second kappa shape index (κ2) is 7.57. The first-order valence-corrected chi connectivity index (χ1v) is 8.63. The molecule has 1 atom stereocenters. The number of nitrogens with zero attached hydrogens (tertiary/aromatic N) is 3. The summed E-state index contributed by atoms with van der Waals surface area (Å²) in [6.07, 6.45) is -0.345. The Hall–Kier alpha value is -2.22. The van der Waals surface area contributed by atoms with Crippen LogP contribution < -0.4 is 0 Å². The minimum atomic E-state index is -0.613. The molecular formula is C18H26FN3O4. The highest BCUT2D eigenvalue weighted by molar-refractivity contribution is 5.68. The van der Waals surface area contributed by atoms with Crippen LogP contribution in [0.25, 0.3) is 0 Å². The molecule has 0 radical (unpaired) electrons. The summed E-state index contributed by atoms with van der Waals surface area (Å²) in [5.74, 6) is -0.613. The van der Waals surface area contributed by atoms with E-state index in [0.29, 0.717) is 37.3 Å². The van der Waals surface area contributed by atoms with Gasteiger partial charge in [-0.05, 0) is 46.2 Å². The molecule has 0 aromatic heterocycles. The van der Waals surface area contributed by atoms with Gasteiger partial charge in [0.15, 0.2) is 0 Å². The average Bonchev–Trinajstić information content (AvgIpc) is 2.48. The molecule has 0 unspecified atom stereocenters. The van der Waals surface area contributed by atoms with Crippen LogP contribution in [0.5, 0.6) is 0 Å². The van der Waals surface area contributed by atoms with Gasteiger partial charge in [0, 0.05) is 37.8 Å². The molecular weight excluding hydrogens is 341 g/mol. The smallest absolute Gasteiger partial charge is 0.410 e. The van der Waals surface area contributed by atoms with E-state index in [4.69, 9.17) is 4.74 Å². The van der Waals surface area contributed by atoms with Crippen LogP contribution in [-0.4, -0.2) is 52.1 Å². The van der Waals surface area contributed by atoms with Crippen LogP contribution in [0, 0.1) is 22.9 Å². The molecule has 1 saturated heterocycles. The number of hydrogen-bond acceptors (Lipinski definition) is 5. The third-order valence-corrected chi connectivity index (χ3v) is 4.38. The second-order valence-corrected chi connectivity index (χ2v) is 7.72. The van der Waals surface area contributed by atoms with Crippen molar-refractivity contribution in [3.63, 3.8) is 0 Å². The molecule has 1 aromatic carbocycles. The van der Waals surface area contributed by atoms with Crippen molar-refractivity contribution in [1.29, 1.82) is 0 Å². The van der Waals surface area contributed by atoms with Gasteiger partial charge < -0.3 is 9.64 Å². The van der Waals surface area contributed by atoms with Gasteiger partial charge in [-0.25, -0.2) is 9.18 Å². The van der Waals surface area contributed by atoms with E-state index in [1.54, 1.807) is 11.8 Å². The van der Waals surface area contributed by atoms with E-state index >= 15 is 0 Å². The summed E-state index contributed by atoms with van der Waals surface area (Å²) in [4.78, 5) is 26.5. The molecule has 1 fully saturated rings. The van der Waals surface area contributed by atoms with Crippen LogP contribution >= 0.6 is 0 Å². The number of nitro groups is 1. The summed E-state index contributed by atoms with van der Waals surface area (Å²) in [6.45, 7) is 11.1. The molecule has 2 rings (SSSR count). The number of halogens is 1. The fourth-order valence-electron chi connectivity index (χ4n) is 3.08. The van der Waals surface area contributed by atoms with E-state index in [1.807, 2.05) is 27.7 Å². The normalized spacial score (nSPS) is 18.7. The molecule has 1 aromatic rings. The summed E-state index contributed by atoms with van der Waals surface area (Å²) < 4.78 is 19.2. The fourth-order valence-corrected chi connectivity index (χ4v) is 3.08. The minimum absolute atomic E-state index is 0.0672. The van der Waals surface area contributed by atoms with E-state index in [9.17, 15) is 19.3 Å². The van der Waals surface area contributed by atoms with Crippen molar-refractivity contribution in [3.05, 3.63) is 39.2 Å². The lowest BCUT2D eigenvalue weighted by atomic mass is 10.0. The molecule has 0 bridgehead atoms. The minimum Gasteiger partial charge on any atom is -0.444 e. The van der Waals surface area contributed by atoms with Crippen LogP contribution in [0.1, 0.15) is 38.8 Å². The Morgan fingerprint density at radius 2 is 2.04 bits per heavy atom. The largest absolute Gasteiger partial charge is 0.444 e. The van der Waals surface area contributed by atoms with Crippen LogP contribution in [0.15, 0.2) is 12.1 Å². The Morgan fingerprint density at radius 1 is 1.38 bits per heavy atom. The molecule has 7 nitrogen and oxygen atoms in total. The number of rotatable bonds is 3.